The van der Waals surface area contributed by atoms with E-state index in [1.165, 1.54) is 13.0 Å². The van der Waals surface area contributed by atoms with Crippen molar-refractivity contribution < 1.29 is 17.6 Å². The lowest BCUT2D eigenvalue weighted by Crippen LogP contribution is -2.29. The van der Waals surface area contributed by atoms with Gasteiger partial charge < -0.3 is 4.90 Å². The molecule has 0 bridgehead atoms. The standard InChI is InChI=1S/C14H17ClFNO3S/c1-3-10-4-5-17(8-10)14(18)11-6-9(2)13(16)12(7-11)21(15,19)20/h6-7,10H,3-5,8H2,1-2H3. The molecule has 1 aromatic carbocycles. The van der Waals surface area contributed by atoms with Crippen molar-refractivity contribution in [2.45, 2.75) is 31.6 Å². The number of hydrogen-bond donors (Lipinski definition) is 0. The first-order valence-electron chi connectivity index (χ1n) is 6.78. The third kappa shape index (κ3) is 3.37. The van der Waals surface area contributed by atoms with Gasteiger partial charge in [-0.2, -0.15) is 0 Å². The number of likely N-dealkylation sites (tertiary alicyclic amines) is 1. The van der Waals surface area contributed by atoms with Gasteiger partial charge in [0.15, 0.2) is 0 Å². The zero-order valence-corrected chi connectivity index (χ0v) is 13.5. The molecule has 1 aliphatic rings. The summed E-state index contributed by atoms with van der Waals surface area (Å²) in [5.41, 5.74) is 0.246. The van der Waals surface area contributed by atoms with Gasteiger partial charge in [0, 0.05) is 29.3 Å². The van der Waals surface area contributed by atoms with E-state index >= 15 is 0 Å². The summed E-state index contributed by atoms with van der Waals surface area (Å²) in [5.74, 6) is -0.725. The van der Waals surface area contributed by atoms with E-state index in [1.807, 2.05) is 0 Å². The molecule has 7 heteroatoms. The van der Waals surface area contributed by atoms with E-state index in [0.717, 1.165) is 18.9 Å². The lowest BCUT2D eigenvalue weighted by atomic mass is 10.1. The van der Waals surface area contributed by atoms with Crippen molar-refractivity contribution in [1.29, 1.82) is 0 Å². The number of hydrogen-bond acceptors (Lipinski definition) is 3. The third-order valence-corrected chi connectivity index (χ3v) is 5.20. The lowest BCUT2D eigenvalue weighted by Gasteiger charge is -2.17. The van der Waals surface area contributed by atoms with Gasteiger partial charge in [-0.25, -0.2) is 12.8 Å². The summed E-state index contributed by atoms with van der Waals surface area (Å²) in [6.45, 7) is 4.76. The van der Waals surface area contributed by atoms with E-state index in [0.29, 0.717) is 19.0 Å². The number of benzene rings is 1. The summed E-state index contributed by atoms with van der Waals surface area (Å²) in [7, 11) is 1.00. The summed E-state index contributed by atoms with van der Waals surface area (Å²) in [4.78, 5) is 13.4. The molecule has 1 heterocycles. The zero-order chi connectivity index (χ0) is 15.8. The second-order valence-electron chi connectivity index (χ2n) is 5.36. The Kier molecular flexibility index (Phi) is 4.58. The molecular formula is C14H17ClFNO3S. The average molecular weight is 334 g/mol. The van der Waals surface area contributed by atoms with Gasteiger partial charge in [-0.1, -0.05) is 13.3 Å². The normalized spacial score (nSPS) is 19.0. The Balaban J connectivity index is 2.37. The van der Waals surface area contributed by atoms with E-state index in [1.54, 1.807) is 4.90 Å². The molecule has 1 fully saturated rings. The summed E-state index contributed by atoms with van der Waals surface area (Å²) < 4.78 is 36.6. The Bertz CT molecular complexity index is 675. The summed E-state index contributed by atoms with van der Waals surface area (Å²) in [6.07, 6.45) is 1.93. The average Bonchev–Trinajstić information content (AvgIpc) is 2.88. The fourth-order valence-electron chi connectivity index (χ4n) is 2.57. The molecule has 0 aliphatic carbocycles. The minimum absolute atomic E-state index is 0.0892. The highest BCUT2D eigenvalue weighted by molar-refractivity contribution is 8.13. The first-order valence-corrected chi connectivity index (χ1v) is 9.09. The van der Waals surface area contributed by atoms with Crippen LogP contribution in [-0.4, -0.2) is 32.3 Å². The first kappa shape index (κ1) is 16.2. The molecule has 2 rings (SSSR count). The van der Waals surface area contributed by atoms with Crippen LogP contribution in [0.2, 0.25) is 0 Å². The maximum Gasteiger partial charge on any atom is 0.264 e. The number of amides is 1. The first-order chi connectivity index (χ1) is 9.74. The topological polar surface area (TPSA) is 54.5 Å². The third-order valence-electron chi connectivity index (χ3n) is 3.88. The summed E-state index contributed by atoms with van der Waals surface area (Å²) in [5, 5.41) is 0. The predicted molar refractivity (Wildman–Crippen MR) is 78.5 cm³/mol. The molecule has 1 unspecified atom stereocenters. The molecule has 1 amide bonds. The van der Waals surface area contributed by atoms with Gasteiger partial charge in [0.1, 0.15) is 10.7 Å². The van der Waals surface area contributed by atoms with Crippen LogP contribution in [0, 0.1) is 18.7 Å². The Hall–Kier alpha value is -1.14. The second kappa shape index (κ2) is 5.93. The van der Waals surface area contributed by atoms with Crippen molar-refractivity contribution in [1.82, 2.24) is 4.90 Å². The van der Waals surface area contributed by atoms with Gasteiger partial charge in [-0.3, -0.25) is 4.79 Å². The van der Waals surface area contributed by atoms with Crippen LogP contribution in [0.25, 0.3) is 0 Å². The molecule has 0 N–H and O–H groups in total. The molecule has 21 heavy (non-hydrogen) atoms. The second-order valence-corrected chi connectivity index (χ2v) is 7.89. The molecule has 116 valence electrons. The highest BCUT2D eigenvalue weighted by atomic mass is 35.7. The van der Waals surface area contributed by atoms with Gasteiger partial charge >= 0.3 is 0 Å². The highest BCUT2D eigenvalue weighted by Gasteiger charge is 2.28. The minimum atomic E-state index is -4.22. The summed E-state index contributed by atoms with van der Waals surface area (Å²) >= 11 is 0. The van der Waals surface area contributed by atoms with E-state index < -0.39 is 19.8 Å². The van der Waals surface area contributed by atoms with Crippen molar-refractivity contribution in [3.05, 3.63) is 29.1 Å². The molecule has 0 saturated carbocycles. The molecule has 0 aromatic heterocycles. The number of carbonyl (C=O) groups excluding carboxylic acids is 1. The molecule has 1 atom stereocenters. The fraction of sp³-hybridized carbons (Fsp3) is 0.500. The number of aryl methyl sites for hydroxylation is 1. The van der Waals surface area contributed by atoms with Crippen LogP contribution in [-0.2, 0) is 9.05 Å². The minimum Gasteiger partial charge on any atom is -0.338 e. The van der Waals surface area contributed by atoms with Crippen molar-refractivity contribution in [2.24, 2.45) is 5.92 Å². The smallest absolute Gasteiger partial charge is 0.264 e. The van der Waals surface area contributed by atoms with Crippen LogP contribution >= 0.6 is 10.7 Å². The van der Waals surface area contributed by atoms with E-state index in [2.05, 4.69) is 6.92 Å². The molecule has 0 radical (unpaired) electrons. The zero-order valence-electron chi connectivity index (χ0n) is 11.9. The Labute approximate surface area is 128 Å². The Morgan fingerprint density at radius 3 is 2.67 bits per heavy atom. The molecule has 1 aliphatic heterocycles. The van der Waals surface area contributed by atoms with E-state index in [4.69, 9.17) is 10.7 Å². The van der Waals surface area contributed by atoms with Crippen LogP contribution in [0.3, 0.4) is 0 Å². The van der Waals surface area contributed by atoms with Crippen molar-refractivity contribution in [2.75, 3.05) is 13.1 Å². The van der Waals surface area contributed by atoms with E-state index in [-0.39, 0.29) is 17.0 Å². The molecule has 4 nitrogen and oxygen atoms in total. The monoisotopic (exact) mass is 333 g/mol. The fourth-order valence-corrected chi connectivity index (χ4v) is 3.55. The van der Waals surface area contributed by atoms with Gasteiger partial charge in [0.05, 0.1) is 0 Å². The predicted octanol–water partition coefficient (Wildman–Crippen LogP) is 2.93. The van der Waals surface area contributed by atoms with Crippen LogP contribution in [0.4, 0.5) is 4.39 Å². The number of nitrogens with zero attached hydrogens (tertiary/aromatic N) is 1. The molecule has 0 spiro atoms. The molecular weight excluding hydrogens is 317 g/mol. The van der Waals surface area contributed by atoms with E-state index in [9.17, 15) is 17.6 Å². The van der Waals surface area contributed by atoms with Crippen molar-refractivity contribution >= 4 is 25.6 Å². The van der Waals surface area contributed by atoms with Crippen LogP contribution in [0.1, 0.15) is 35.7 Å². The molecule has 1 aromatic rings. The van der Waals surface area contributed by atoms with Gasteiger partial charge in [-0.05, 0) is 37.0 Å². The maximum absolute atomic E-state index is 13.8. The Morgan fingerprint density at radius 2 is 2.14 bits per heavy atom. The van der Waals surface area contributed by atoms with Gasteiger partial charge in [0.2, 0.25) is 0 Å². The van der Waals surface area contributed by atoms with Crippen LogP contribution < -0.4 is 0 Å². The van der Waals surface area contributed by atoms with Gasteiger partial charge in [-0.15, -0.1) is 0 Å². The number of rotatable bonds is 3. The maximum atomic E-state index is 13.8. The van der Waals surface area contributed by atoms with Gasteiger partial charge in [0.25, 0.3) is 15.0 Å². The van der Waals surface area contributed by atoms with Crippen molar-refractivity contribution in [3.63, 3.8) is 0 Å². The number of halogens is 2. The van der Waals surface area contributed by atoms with Crippen molar-refractivity contribution in [3.8, 4) is 0 Å². The number of carbonyl (C=O) groups is 1. The SMILES string of the molecule is CCC1CCN(C(=O)c2cc(C)c(F)c(S(=O)(=O)Cl)c2)C1. The van der Waals surface area contributed by atoms with Crippen LogP contribution in [0.5, 0.6) is 0 Å². The largest absolute Gasteiger partial charge is 0.338 e. The highest BCUT2D eigenvalue weighted by Crippen LogP contribution is 2.26. The quantitative estimate of drug-likeness (QED) is 0.799. The lowest BCUT2D eigenvalue weighted by molar-refractivity contribution is 0.0786. The summed E-state index contributed by atoms with van der Waals surface area (Å²) in [6, 6.07) is 2.38. The van der Waals surface area contributed by atoms with Crippen LogP contribution in [0.15, 0.2) is 17.0 Å². The molecule has 1 saturated heterocycles. The Morgan fingerprint density at radius 1 is 1.48 bits per heavy atom.